The molecule has 20 heavy (non-hydrogen) atoms. The number of ether oxygens (including phenoxy) is 3. The van der Waals surface area contributed by atoms with Crippen molar-refractivity contribution in [3.63, 3.8) is 0 Å². The van der Waals surface area contributed by atoms with E-state index in [9.17, 15) is 4.79 Å². The van der Waals surface area contributed by atoms with Gasteiger partial charge in [0, 0.05) is 13.1 Å². The van der Waals surface area contributed by atoms with Crippen molar-refractivity contribution >= 4 is 5.97 Å². The fourth-order valence-corrected chi connectivity index (χ4v) is 1.70. The Morgan fingerprint density at radius 3 is 2.60 bits per heavy atom. The van der Waals surface area contributed by atoms with Gasteiger partial charge in [-0.3, -0.25) is 4.79 Å². The number of methoxy groups -OCH3 is 2. The zero-order valence-corrected chi connectivity index (χ0v) is 12.6. The van der Waals surface area contributed by atoms with Crippen LogP contribution in [-0.4, -0.2) is 32.8 Å². The molecule has 0 bridgehead atoms. The number of rotatable bonds is 8. The Morgan fingerprint density at radius 2 is 2.00 bits per heavy atom. The van der Waals surface area contributed by atoms with Crippen LogP contribution in [0.5, 0.6) is 11.5 Å². The van der Waals surface area contributed by atoms with Crippen LogP contribution in [0, 0.1) is 0 Å². The zero-order chi connectivity index (χ0) is 15.0. The van der Waals surface area contributed by atoms with Crippen molar-refractivity contribution in [1.82, 2.24) is 5.32 Å². The van der Waals surface area contributed by atoms with Gasteiger partial charge in [0.1, 0.15) is 0 Å². The number of carbonyl (C=O) groups excluding carboxylic acids is 1. The van der Waals surface area contributed by atoms with E-state index in [1.54, 1.807) is 7.11 Å². The Hall–Kier alpha value is -1.75. The summed E-state index contributed by atoms with van der Waals surface area (Å²) < 4.78 is 15.6. The lowest BCUT2D eigenvalue weighted by molar-refractivity contribution is -0.140. The van der Waals surface area contributed by atoms with Crippen LogP contribution in [0.25, 0.3) is 0 Å². The minimum atomic E-state index is -0.212. The Kier molecular flexibility index (Phi) is 6.87. The fraction of sp³-hybridized carbons (Fsp3) is 0.533. The quantitative estimate of drug-likeness (QED) is 0.584. The van der Waals surface area contributed by atoms with Gasteiger partial charge in [0.25, 0.3) is 0 Å². The molecule has 0 aliphatic carbocycles. The molecule has 0 aromatic heterocycles. The maximum absolute atomic E-state index is 11.0. The summed E-state index contributed by atoms with van der Waals surface area (Å²) >= 11 is 0. The maximum Gasteiger partial charge on any atom is 0.306 e. The highest BCUT2D eigenvalue weighted by Gasteiger charge is 2.07. The molecular weight excluding hydrogens is 258 g/mol. The fourth-order valence-electron chi connectivity index (χ4n) is 1.70. The molecular formula is C15H23NO4. The predicted octanol–water partition coefficient (Wildman–Crippen LogP) is 2.14. The summed E-state index contributed by atoms with van der Waals surface area (Å²) in [6.07, 6.45) is 0.468. The Bertz CT molecular complexity index is 432. The van der Waals surface area contributed by atoms with Crippen LogP contribution >= 0.6 is 0 Å². The average Bonchev–Trinajstić information content (AvgIpc) is 2.43. The molecule has 0 heterocycles. The van der Waals surface area contributed by atoms with E-state index in [-0.39, 0.29) is 12.1 Å². The van der Waals surface area contributed by atoms with E-state index in [1.165, 1.54) is 7.11 Å². The van der Waals surface area contributed by atoms with Crippen molar-refractivity contribution in [1.29, 1.82) is 0 Å². The minimum absolute atomic E-state index is 0.105. The average molecular weight is 281 g/mol. The highest BCUT2D eigenvalue weighted by molar-refractivity contribution is 5.69. The van der Waals surface area contributed by atoms with Crippen LogP contribution in [-0.2, 0) is 16.1 Å². The highest BCUT2D eigenvalue weighted by Crippen LogP contribution is 2.28. The first-order valence-corrected chi connectivity index (χ1v) is 6.68. The smallest absolute Gasteiger partial charge is 0.306 e. The van der Waals surface area contributed by atoms with Crippen molar-refractivity contribution in [3.8, 4) is 11.5 Å². The third-order valence-corrected chi connectivity index (χ3v) is 2.65. The summed E-state index contributed by atoms with van der Waals surface area (Å²) in [6.45, 7) is 5.19. The number of benzene rings is 1. The van der Waals surface area contributed by atoms with Gasteiger partial charge in [-0.2, -0.15) is 0 Å². The predicted molar refractivity (Wildman–Crippen MR) is 77.1 cm³/mol. The second-order valence-electron chi connectivity index (χ2n) is 4.65. The van der Waals surface area contributed by atoms with E-state index in [1.807, 2.05) is 32.0 Å². The lowest BCUT2D eigenvalue weighted by Crippen LogP contribution is -2.18. The van der Waals surface area contributed by atoms with Crippen LogP contribution in [0.2, 0.25) is 0 Å². The van der Waals surface area contributed by atoms with Gasteiger partial charge >= 0.3 is 5.97 Å². The van der Waals surface area contributed by atoms with Gasteiger partial charge in [0.05, 0.1) is 26.7 Å². The second kappa shape index (κ2) is 8.43. The summed E-state index contributed by atoms with van der Waals surface area (Å²) in [5.41, 5.74) is 1.07. The Balaban J connectivity index is 2.53. The number of hydrogen-bond donors (Lipinski definition) is 1. The summed E-state index contributed by atoms with van der Waals surface area (Å²) in [5.74, 6) is 1.24. The largest absolute Gasteiger partial charge is 0.493 e. The first-order valence-electron chi connectivity index (χ1n) is 6.68. The normalized spacial score (nSPS) is 10.4. The Morgan fingerprint density at radius 1 is 1.25 bits per heavy atom. The van der Waals surface area contributed by atoms with Crippen LogP contribution in [0.1, 0.15) is 25.8 Å². The van der Waals surface area contributed by atoms with Gasteiger partial charge in [-0.05, 0) is 31.5 Å². The highest BCUT2D eigenvalue weighted by atomic mass is 16.5. The van der Waals surface area contributed by atoms with Crippen LogP contribution in [0.15, 0.2) is 18.2 Å². The first-order chi connectivity index (χ1) is 9.56. The number of carbonyl (C=O) groups is 1. The van der Waals surface area contributed by atoms with Crippen molar-refractivity contribution in [2.24, 2.45) is 0 Å². The van der Waals surface area contributed by atoms with Crippen molar-refractivity contribution in [2.45, 2.75) is 32.9 Å². The number of hydrogen-bond acceptors (Lipinski definition) is 5. The molecule has 0 aliphatic rings. The van der Waals surface area contributed by atoms with Gasteiger partial charge < -0.3 is 19.5 Å². The first kappa shape index (κ1) is 16.3. The molecule has 5 heteroatoms. The zero-order valence-electron chi connectivity index (χ0n) is 12.6. The van der Waals surface area contributed by atoms with Gasteiger partial charge in [0.15, 0.2) is 11.5 Å². The molecule has 112 valence electrons. The molecule has 1 N–H and O–H groups in total. The molecule has 0 unspecified atom stereocenters. The summed E-state index contributed by atoms with van der Waals surface area (Å²) in [6, 6.07) is 5.81. The molecule has 1 aromatic carbocycles. The summed E-state index contributed by atoms with van der Waals surface area (Å²) in [7, 11) is 3.01. The topological polar surface area (TPSA) is 56.8 Å². The van der Waals surface area contributed by atoms with E-state index in [2.05, 4.69) is 10.1 Å². The summed E-state index contributed by atoms with van der Waals surface area (Å²) in [4.78, 5) is 11.0. The van der Waals surface area contributed by atoms with E-state index >= 15 is 0 Å². The van der Waals surface area contributed by atoms with Crippen LogP contribution in [0.4, 0.5) is 0 Å². The molecule has 1 aromatic rings. The molecule has 0 radical (unpaired) electrons. The lowest BCUT2D eigenvalue weighted by atomic mass is 10.2. The molecule has 0 aliphatic heterocycles. The van der Waals surface area contributed by atoms with Gasteiger partial charge in [-0.1, -0.05) is 6.07 Å². The molecule has 0 atom stereocenters. The van der Waals surface area contributed by atoms with Crippen molar-refractivity contribution in [2.75, 3.05) is 20.8 Å². The summed E-state index contributed by atoms with van der Waals surface area (Å²) in [5, 5.41) is 3.18. The van der Waals surface area contributed by atoms with E-state index < -0.39 is 0 Å². The molecule has 1 rings (SSSR count). The Labute approximate surface area is 120 Å². The molecule has 0 fully saturated rings. The van der Waals surface area contributed by atoms with E-state index in [0.29, 0.717) is 25.3 Å². The van der Waals surface area contributed by atoms with Crippen molar-refractivity contribution < 1.29 is 19.0 Å². The van der Waals surface area contributed by atoms with Crippen molar-refractivity contribution in [3.05, 3.63) is 23.8 Å². The molecule has 0 saturated carbocycles. The van der Waals surface area contributed by atoms with E-state index in [4.69, 9.17) is 9.47 Å². The van der Waals surface area contributed by atoms with Crippen LogP contribution < -0.4 is 14.8 Å². The number of nitrogens with one attached hydrogen (secondary N) is 1. The molecule has 0 saturated heterocycles. The lowest BCUT2D eigenvalue weighted by Gasteiger charge is -2.14. The third-order valence-electron chi connectivity index (χ3n) is 2.65. The van der Waals surface area contributed by atoms with Crippen LogP contribution in [0.3, 0.4) is 0 Å². The van der Waals surface area contributed by atoms with Gasteiger partial charge in [-0.25, -0.2) is 0 Å². The maximum atomic E-state index is 11.0. The van der Waals surface area contributed by atoms with Gasteiger partial charge in [0.2, 0.25) is 0 Å². The molecule has 5 nitrogen and oxygen atoms in total. The number of esters is 1. The third kappa shape index (κ3) is 5.48. The molecule has 0 spiro atoms. The molecule has 0 amide bonds. The standard InChI is InChI=1S/C15H23NO4/c1-11(2)20-13-6-5-12(9-14(13)18-3)10-16-8-7-15(17)19-4/h5-6,9,11,16H,7-8,10H2,1-4H3. The monoisotopic (exact) mass is 281 g/mol. The van der Waals surface area contributed by atoms with E-state index in [0.717, 1.165) is 11.3 Å². The second-order valence-corrected chi connectivity index (χ2v) is 4.65. The minimum Gasteiger partial charge on any atom is -0.493 e. The van der Waals surface area contributed by atoms with Gasteiger partial charge in [-0.15, -0.1) is 0 Å². The SMILES string of the molecule is COC(=O)CCNCc1ccc(OC(C)C)c(OC)c1.